The van der Waals surface area contributed by atoms with Crippen molar-refractivity contribution in [3.63, 3.8) is 0 Å². The molecule has 0 aliphatic heterocycles. The molecule has 11 nitrogen and oxygen atoms in total. The van der Waals surface area contributed by atoms with Gasteiger partial charge in [-0.3, -0.25) is 9.09 Å². The van der Waals surface area contributed by atoms with Gasteiger partial charge in [0.15, 0.2) is 12.1 Å². The Bertz CT molecular complexity index is 1130. The lowest BCUT2D eigenvalue weighted by molar-refractivity contribution is -0.152. The third-order valence-electron chi connectivity index (χ3n) is 4.90. The summed E-state index contributed by atoms with van der Waals surface area (Å²) in [4.78, 5) is 39.4. The predicted octanol–water partition coefficient (Wildman–Crippen LogP) is 2.63. The fraction of sp³-hybridized carbons (Fsp3) is 0.286. The van der Waals surface area contributed by atoms with Gasteiger partial charge in [-0.1, -0.05) is 67.9 Å². The Kier molecular flexibility index (Phi) is 8.82. The molecule has 3 unspecified atom stereocenters. The third-order valence-corrected chi connectivity index (χ3v) is 7.44. The van der Waals surface area contributed by atoms with E-state index in [2.05, 4.69) is 4.99 Å². The number of hydrogen-bond acceptors (Lipinski definition) is 7. The van der Waals surface area contributed by atoms with Crippen LogP contribution in [0.5, 0.6) is 0 Å². The monoisotopic (exact) mass is 512 g/mol. The van der Waals surface area contributed by atoms with E-state index >= 15 is 0 Å². The van der Waals surface area contributed by atoms with Gasteiger partial charge in [-0.25, -0.2) is 14.6 Å². The lowest BCUT2D eigenvalue weighted by Gasteiger charge is -2.35. The quantitative estimate of drug-likeness (QED) is 0.136. The number of aliphatic carboxylic acids is 1. The normalized spacial score (nSPS) is 15.6. The number of benzene rings is 2. The molecule has 0 aliphatic carbocycles. The second kappa shape index (κ2) is 11.0. The number of carbonyl (C=O) groups is 2. The maximum atomic E-state index is 13.3. The molecule has 8 N–H and O–H groups in total. The number of ether oxygens (including phenoxy) is 1. The van der Waals surface area contributed by atoms with E-state index in [4.69, 9.17) is 38.1 Å². The van der Waals surface area contributed by atoms with Crippen LogP contribution in [0.15, 0.2) is 53.5 Å². The summed E-state index contributed by atoms with van der Waals surface area (Å²) in [5.74, 6) is -4.23. The van der Waals surface area contributed by atoms with Crippen LogP contribution in [-0.4, -0.2) is 33.2 Å². The van der Waals surface area contributed by atoms with Crippen LogP contribution in [0.25, 0.3) is 0 Å². The first kappa shape index (κ1) is 27.3. The van der Waals surface area contributed by atoms with Crippen LogP contribution in [0.1, 0.15) is 31.1 Å². The fourth-order valence-corrected chi connectivity index (χ4v) is 4.83. The van der Waals surface area contributed by atoms with Gasteiger partial charge < -0.3 is 31.9 Å². The number of rotatable bonds is 10. The molecule has 0 bridgehead atoms. The largest absolute Gasteiger partial charge is 0.479 e. The van der Waals surface area contributed by atoms with E-state index in [1.165, 1.54) is 32.0 Å². The van der Waals surface area contributed by atoms with E-state index in [9.17, 15) is 24.2 Å². The highest BCUT2D eigenvalue weighted by Gasteiger charge is 2.57. The van der Waals surface area contributed by atoms with Gasteiger partial charge in [0.2, 0.25) is 5.28 Å². The molecule has 0 fully saturated rings. The van der Waals surface area contributed by atoms with Crippen LogP contribution in [0.4, 0.5) is 5.69 Å². The molecular formula is C21H26ClN4O7P. The van der Waals surface area contributed by atoms with Crippen LogP contribution >= 0.6 is 19.2 Å². The molecule has 0 aromatic heterocycles. The molecule has 0 saturated carbocycles. The van der Waals surface area contributed by atoms with Gasteiger partial charge in [-0.2, -0.15) is 0 Å². The lowest BCUT2D eigenvalue weighted by atomic mass is 10.1. The maximum Gasteiger partial charge on any atom is 0.360 e. The molecule has 34 heavy (non-hydrogen) atoms. The maximum absolute atomic E-state index is 13.3. The number of esters is 1. The molecular weight excluding hydrogens is 487 g/mol. The molecule has 0 amide bonds. The molecule has 0 aliphatic rings. The van der Waals surface area contributed by atoms with Crippen LogP contribution in [0.3, 0.4) is 0 Å². The van der Waals surface area contributed by atoms with E-state index in [-0.39, 0.29) is 28.8 Å². The summed E-state index contributed by atoms with van der Waals surface area (Å²) in [5.41, 5.74) is 17.2. The molecule has 13 heteroatoms. The predicted molar refractivity (Wildman–Crippen MR) is 126 cm³/mol. The zero-order valence-electron chi connectivity index (χ0n) is 18.4. The summed E-state index contributed by atoms with van der Waals surface area (Å²) in [7, 11) is -5.21. The average molecular weight is 513 g/mol. The second-order valence-electron chi connectivity index (χ2n) is 7.60. The minimum Gasteiger partial charge on any atom is -0.479 e. The summed E-state index contributed by atoms with van der Waals surface area (Å²) >= 11 is 6.22. The van der Waals surface area contributed by atoms with Crippen molar-refractivity contribution in [1.29, 1.82) is 0 Å². The number of guanidine groups is 1. The standard InChI is InChI=1S/C21H26ClN4O7P/c1-12(2)21(25,19(29)32-11-13-7-4-3-5-8-13)34(30,31)33-17(18(27)28)14-9-6-10-15(16(14)22)26-20(23)24/h3-10,12,17H,11,25H2,1-2H3,(H,27,28)(H,30,31)(H4,23,24,26). The number of carboxylic acid groups (broad SMARTS) is 1. The van der Waals surface area contributed by atoms with Crippen molar-refractivity contribution >= 4 is 42.8 Å². The van der Waals surface area contributed by atoms with E-state index in [1.54, 1.807) is 30.3 Å². The summed E-state index contributed by atoms with van der Waals surface area (Å²) in [6, 6.07) is 12.6. The number of halogens is 1. The fourth-order valence-electron chi connectivity index (χ4n) is 2.95. The van der Waals surface area contributed by atoms with Crippen molar-refractivity contribution in [2.24, 2.45) is 28.1 Å². The molecule has 0 saturated heterocycles. The minimum absolute atomic E-state index is 0.00642. The number of hydrogen-bond donors (Lipinski definition) is 5. The number of aliphatic imine (C=N–C) groups is 1. The Morgan fingerprint density at radius 1 is 1.15 bits per heavy atom. The van der Waals surface area contributed by atoms with Crippen LogP contribution in [0.2, 0.25) is 5.02 Å². The van der Waals surface area contributed by atoms with Crippen molar-refractivity contribution < 1.29 is 33.4 Å². The van der Waals surface area contributed by atoms with E-state index in [0.29, 0.717) is 5.56 Å². The first-order valence-corrected chi connectivity index (χ1v) is 11.9. The summed E-state index contributed by atoms with van der Waals surface area (Å²) in [5, 5.41) is 6.91. The van der Waals surface area contributed by atoms with Crippen LogP contribution in [0, 0.1) is 5.92 Å². The van der Waals surface area contributed by atoms with Crippen molar-refractivity contribution in [2.75, 3.05) is 0 Å². The smallest absolute Gasteiger partial charge is 0.360 e. The number of carboxylic acids is 1. The van der Waals surface area contributed by atoms with Gasteiger partial charge in [0.25, 0.3) is 0 Å². The minimum atomic E-state index is -5.21. The van der Waals surface area contributed by atoms with Crippen molar-refractivity contribution in [1.82, 2.24) is 0 Å². The highest BCUT2D eigenvalue weighted by molar-refractivity contribution is 7.55. The van der Waals surface area contributed by atoms with Crippen molar-refractivity contribution in [3.05, 3.63) is 64.7 Å². The Labute approximate surface area is 201 Å². The Hall–Kier alpha value is -2.95. The summed E-state index contributed by atoms with van der Waals surface area (Å²) < 4.78 is 23.6. The highest BCUT2D eigenvalue weighted by atomic mass is 35.5. The third kappa shape index (κ3) is 5.94. The molecule has 184 valence electrons. The zero-order chi connectivity index (χ0) is 25.7. The Morgan fingerprint density at radius 2 is 1.76 bits per heavy atom. The van der Waals surface area contributed by atoms with Crippen LogP contribution in [-0.2, 0) is 30.0 Å². The van der Waals surface area contributed by atoms with E-state index in [0.717, 1.165) is 0 Å². The topological polar surface area (TPSA) is 201 Å². The molecule has 0 spiro atoms. The van der Waals surface area contributed by atoms with Crippen LogP contribution < -0.4 is 17.2 Å². The van der Waals surface area contributed by atoms with E-state index < -0.39 is 36.8 Å². The van der Waals surface area contributed by atoms with Gasteiger partial charge in [-0.05, 0) is 17.5 Å². The van der Waals surface area contributed by atoms with Gasteiger partial charge in [0.1, 0.15) is 6.61 Å². The van der Waals surface area contributed by atoms with Gasteiger partial charge in [0, 0.05) is 5.56 Å². The number of carbonyl (C=O) groups excluding carboxylic acids is 1. The SMILES string of the molecule is CC(C)C(N)(C(=O)OCc1ccccc1)P(=O)(O)OC(C(=O)O)c1cccc(N=C(N)N)c1Cl. The molecule has 3 atom stereocenters. The first-order valence-electron chi connectivity index (χ1n) is 9.93. The molecule has 0 heterocycles. The second-order valence-corrected chi connectivity index (χ2v) is 9.97. The molecule has 2 rings (SSSR count). The molecule has 2 aromatic rings. The Balaban J connectivity index is 2.41. The van der Waals surface area contributed by atoms with Gasteiger partial charge in [0.05, 0.1) is 10.7 Å². The van der Waals surface area contributed by atoms with E-state index in [1.807, 2.05) is 0 Å². The summed E-state index contributed by atoms with van der Waals surface area (Å²) in [6.07, 6.45) is -2.08. The number of nitrogens with two attached hydrogens (primary N) is 3. The van der Waals surface area contributed by atoms with Gasteiger partial charge in [-0.15, -0.1) is 0 Å². The average Bonchev–Trinajstić information content (AvgIpc) is 2.76. The van der Waals surface area contributed by atoms with Gasteiger partial charge >= 0.3 is 19.5 Å². The molecule has 0 radical (unpaired) electrons. The first-order chi connectivity index (χ1) is 15.8. The van der Waals surface area contributed by atoms with Crippen molar-refractivity contribution in [2.45, 2.75) is 31.8 Å². The molecule has 2 aromatic carbocycles. The number of nitrogens with zero attached hydrogens (tertiary/aromatic N) is 1. The highest BCUT2D eigenvalue weighted by Crippen LogP contribution is 2.59. The summed E-state index contributed by atoms with van der Waals surface area (Å²) in [6.45, 7) is 2.58. The Morgan fingerprint density at radius 3 is 2.29 bits per heavy atom. The lowest BCUT2D eigenvalue weighted by Crippen LogP contribution is -2.53. The van der Waals surface area contributed by atoms with Crippen molar-refractivity contribution in [3.8, 4) is 0 Å². The zero-order valence-corrected chi connectivity index (χ0v) is 20.1.